The van der Waals surface area contributed by atoms with Crippen LogP contribution in [0, 0.1) is 5.41 Å². The number of likely N-dealkylation sites (tertiary alicyclic amines) is 1. The van der Waals surface area contributed by atoms with Gasteiger partial charge in [0, 0.05) is 37.9 Å². The first-order valence-electron chi connectivity index (χ1n) is 23.9. The van der Waals surface area contributed by atoms with Crippen molar-refractivity contribution < 1.29 is 58.5 Å². The van der Waals surface area contributed by atoms with Gasteiger partial charge in [0.15, 0.2) is 5.96 Å². The van der Waals surface area contributed by atoms with Crippen LogP contribution < -0.4 is 71.6 Å². The molecule has 0 saturated carbocycles. The summed E-state index contributed by atoms with van der Waals surface area (Å²) in [4.78, 5) is 132. The van der Waals surface area contributed by atoms with E-state index < -0.39 is 121 Å². The fraction of sp³-hybridized carbons (Fsp3) is 0.628. The van der Waals surface area contributed by atoms with Gasteiger partial charge in [0.25, 0.3) is 11.8 Å². The predicted octanol–water partition coefficient (Wildman–Crippen LogP) is -7.44. The quantitative estimate of drug-likeness (QED) is 0.0132. The number of nitrogens with zero attached hydrogens (tertiary/aromatic N) is 3. The van der Waals surface area contributed by atoms with Gasteiger partial charge >= 0.3 is 5.97 Å². The largest absolute Gasteiger partial charge is 0.477 e. The molecule has 0 aliphatic carbocycles. The van der Waals surface area contributed by atoms with E-state index >= 15 is 0 Å². The summed E-state index contributed by atoms with van der Waals surface area (Å²) in [5, 5.41) is 54.2. The van der Waals surface area contributed by atoms with Crippen LogP contribution in [-0.2, 0) is 49.6 Å². The molecule has 1 saturated heterocycles. The second-order valence-electron chi connectivity index (χ2n) is 16.9. The molecule has 0 bridgehead atoms. The minimum absolute atomic E-state index is 0.0311. The smallest absolute Gasteiger partial charge is 0.352 e. The summed E-state index contributed by atoms with van der Waals surface area (Å²) in [5.41, 5.74) is 33.2. The second-order valence-corrected chi connectivity index (χ2v) is 16.9. The Morgan fingerprint density at radius 2 is 1.52 bits per heavy atom. The van der Waals surface area contributed by atoms with Gasteiger partial charge < -0.3 is 96.8 Å². The number of aliphatic imine (C=N–C) groups is 1. The molecule has 408 valence electrons. The zero-order chi connectivity index (χ0) is 54.5. The van der Waals surface area contributed by atoms with Crippen LogP contribution in [0.4, 0.5) is 0 Å². The predicted molar refractivity (Wildman–Crippen MR) is 263 cm³/mol. The molecule has 1 aliphatic rings. The molecule has 0 unspecified atom stereocenters. The van der Waals surface area contributed by atoms with Crippen molar-refractivity contribution in [2.45, 2.75) is 119 Å². The number of carboxylic acid groups (broad SMARTS) is 1. The van der Waals surface area contributed by atoms with Crippen molar-refractivity contribution >= 4 is 64.9 Å². The van der Waals surface area contributed by atoms with Crippen molar-refractivity contribution in [1.29, 1.82) is 5.41 Å². The first-order valence-corrected chi connectivity index (χ1v) is 23.9. The van der Waals surface area contributed by atoms with Crippen molar-refractivity contribution in [1.82, 2.24) is 52.1 Å². The maximum Gasteiger partial charge on any atom is 0.352 e. The number of nitrogens with two attached hydrogens (primary N) is 6. The van der Waals surface area contributed by atoms with Crippen LogP contribution in [0.15, 0.2) is 29.3 Å². The number of unbranched alkanes of at least 4 members (excludes halogenated alkanes) is 2. The van der Waals surface area contributed by atoms with E-state index in [1.807, 2.05) is 0 Å². The van der Waals surface area contributed by atoms with Crippen LogP contribution >= 0.6 is 0 Å². The van der Waals surface area contributed by atoms with Crippen LogP contribution in [0.1, 0.15) is 76.3 Å². The molecular weight excluding hydrogens is 961 g/mol. The van der Waals surface area contributed by atoms with E-state index in [4.69, 9.17) is 39.8 Å². The number of carbonyl (C=O) groups is 9. The standard InChI is InChI=1S/C43H74N18O12/c44-13-3-1-8-25(48)35(65)60-34(32(63)19-47)40(70)59-30(22-62)36(66)53-21-33(64)55-27(10-5-15-46)41(71)61-17-7-12-31(61)39(69)58-29(18-24-20-51-23-54-24)38(68)56-26(9-2-4-14-45)37(67)57-28(42(72)73)11-6-16-52-43(49)50/h11,20,23,25-26,29-32,34,62-63H,1-10,12-19,21-22,44-48H2,(H,51,54)(H,53,66)(H,56,68)(H,57,67)(H,58,69)(H,59,70)(H,60,65)(H,72,73)(H4,49,50,52)/b28-11-,55-27+/t25-,26-,29-,30-,31-,32-,34-/m0/s1. The van der Waals surface area contributed by atoms with E-state index in [9.17, 15) is 58.5 Å². The second kappa shape index (κ2) is 33.6. The van der Waals surface area contributed by atoms with Gasteiger partial charge in [0.05, 0.1) is 31.6 Å². The molecule has 0 radical (unpaired) electrons. The van der Waals surface area contributed by atoms with Gasteiger partial charge in [-0.15, -0.1) is 0 Å². The first kappa shape index (κ1) is 62.2. The fourth-order valence-corrected chi connectivity index (χ4v) is 7.19. The summed E-state index contributed by atoms with van der Waals surface area (Å²) >= 11 is 0. The van der Waals surface area contributed by atoms with Gasteiger partial charge in [-0.1, -0.05) is 12.5 Å². The third-order valence-electron chi connectivity index (χ3n) is 11.2. The lowest BCUT2D eigenvalue weighted by atomic mass is 10.1. The van der Waals surface area contributed by atoms with Crippen LogP contribution in [0.25, 0.3) is 0 Å². The van der Waals surface area contributed by atoms with Crippen LogP contribution in [0.3, 0.4) is 0 Å². The van der Waals surface area contributed by atoms with E-state index in [-0.39, 0.29) is 82.8 Å². The van der Waals surface area contributed by atoms with E-state index in [1.165, 1.54) is 23.5 Å². The highest BCUT2D eigenvalue weighted by molar-refractivity contribution is 6.40. The van der Waals surface area contributed by atoms with Crippen molar-refractivity contribution in [3.63, 3.8) is 0 Å². The monoisotopic (exact) mass is 1030 g/mol. The number of guanidine groups is 1. The molecular formula is C43H74N18O12. The van der Waals surface area contributed by atoms with Crippen molar-refractivity contribution in [2.24, 2.45) is 39.4 Å². The number of rotatable bonds is 34. The number of aromatic amines is 1. The molecule has 1 aromatic heterocycles. The number of imidazole rings is 1. The zero-order valence-corrected chi connectivity index (χ0v) is 40.7. The Morgan fingerprint density at radius 1 is 0.849 bits per heavy atom. The molecule has 7 atom stereocenters. The molecule has 24 N–H and O–H groups in total. The Labute approximate surface area is 421 Å². The maximum absolute atomic E-state index is 14.1. The van der Waals surface area contributed by atoms with Gasteiger partial charge in [-0.2, -0.15) is 0 Å². The molecule has 0 aromatic carbocycles. The third kappa shape index (κ3) is 22.1. The summed E-state index contributed by atoms with van der Waals surface area (Å²) in [7, 11) is 0. The zero-order valence-electron chi connectivity index (χ0n) is 40.7. The molecule has 1 fully saturated rings. The van der Waals surface area contributed by atoms with E-state index in [0.717, 1.165) is 0 Å². The normalized spacial score (nSPS) is 16.2. The van der Waals surface area contributed by atoms with Crippen molar-refractivity contribution in [3.8, 4) is 0 Å². The third-order valence-corrected chi connectivity index (χ3v) is 11.2. The van der Waals surface area contributed by atoms with Crippen LogP contribution in [0.2, 0.25) is 0 Å². The number of aliphatic hydroxyl groups is 2. The Hall–Kier alpha value is -6.96. The number of H-pyrrole nitrogens is 1. The number of carboxylic acids is 1. The SMILES string of the molecule is N=C(N)NCC/C=C(\NC(=O)[C@H](CCCCN)NC(=O)[C@H](Cc1cnc[nH]1)NC(=O)[C@@H]1CCCN1C(=O)/C(CCCN)=N/C(=O)CNC(=O)[C@H](CO)NC(=O)[C@@H](NC(=O)[C@@H](N)CCCCN)[C@@H](O)CN)C(=O)O. The van der Waals surface area contributed by atoms with E-state index in [1.54, 1.807) is 0 Å². The minimum Gasteiger partial charge on any atom is -0.477 e. The van der Waals surface area contributed by atoms with Gasteiger partial charge in [-0.25, -0.2) is 14.8 Å². The maximum atomic E-state index is 14.1. The highest BCUT2D eigenvalue weighted by Crippen LogP contribution is 2.20. The average molecular weight is 1040 g/mol. The summed E-state index contributed by atoms with van der Waals surface area (Å²) in [5.74, 6) is -9.12. The summed E-state index contributed by atoms with van der Waals surface area (Å²) < 4.78 is 0. The summed E-state index contributed by atoms with van der Waals surface area (Å²) in [6.07, 6.45) is 4.89. The van der Waals surface area contributed by atoms with Gasteiger partial charge in [0.2, 0.25) is 35.4 Å². The van der Waals surface area contributed by atoms with Crippen LogP contribution in [0.5, 0.6) is 0 Å². The Bertz CT molecular complexity index is 2070. The Balaban J connectivity index is 2.27. The lowest BCUT2D eigenvalue weighted by Crippen LogP contribution is -2.61. The lowest BCUT2D eigenvalue weighted by Gasteiger charge is -2.27. The molecule has 30 nitrogen and oxygen atoms in total. The molecule has 2 heterocycles. The summed E-state index contributed by atoms with van der Waals surface area (Å²) in [6, 6.07) is -8.31. The number of carbonyl (C=O) groups excluding carboxylic acids is 8. The molecule has 2 rings (SSSR count). The minimum atomic E-state index is -1.70. The van der Waals surface area contributed by atoms with Crippen molar-refractivity contribution in [3.05, 3.63) is 30.0 Å². The molecule has 30 heteroatoms. The lowest BCUT2D eigenvalue weighted by molar-refractivity contribution is -0.137. The number of aliphatic hydroxyl groups excluding tert-OH is 2. The van der Waals surface area contributed by atoms with Gasteiger partial charge in [-0.3, -0.25) is 43.8 Å². The number of nitrogens with one attached hydrogen (secondary N) is 9. The van der Waals surface area contributed by atoms with Gasteiger partial charge in [-0.05, 0) is 83.8 Å². The van der Waals surface area contributed by atoms with E-state index in [0.29, 0.717) is 44.3 Å². The number of amides is 8. The Kier molecular flexibility index (Phi) is 28.6. The highest BCUT2D eigenvalue weighted by Gasteiger charge is 2.39. The first-order chi connectivity index (χ1) is 34.8. The van der Waals surface area contributed by atoms with Crippen LogP contribution in [-0.4, -0.2) is 190 Å². The number of hydrogen-bond acceptors (Lipinski definition) is 18. The number of aliphatic carboxylic acids is 1. The number of hydrogen-bond donors (Lipinski definition) is 18. The fourth-order valence-electron chi connectivity index (χ4n) is 7.19. The van der Waals surface area contributed by atoms with Crippen molar-refractivity contribution in [2.75, 3.05) is 52.4 Å². The van der Waals surface area contributed by atoms with Gasteiger partial charge in [0.1, 0.15) is 41.6 Å². The Morgan fingerprint density at radius 3 is 2.12 bits per heavy atom. The molecule has 1 aliphatic heterocycles. The molecule has 73 heavy (non-hydrogen) atoms. The molecule has 8 amide bonds. The number of aromatic nitrogens is 2. The summed E-state index contributed by atoms with van der Waals surface area (Å²) in [6.45, 7) is -1.47. The topological polar surface area (TPSA) is 523 Å². The molecule has 1 aromatic rings. The molecule has 0 spiro atoms. The average Bonchev–Trinajstić information content (AvgIpc) is 4.08. The van der Waals surface area contributed by atoms with E-state index in [2.05, 4.69) is 52.2 Å². The highest BCUT2D eigenvalue weighted by atomic mass is 16.4.